The number of nitrogens with zero attached hydrogens (tertiary/aromatic N) is 2. The van der Waals surface area contributed by atoms with Crippen LogP contribution < -0.4 is 5.32 Å². The Morgan fingerprint density at radius 2 is 1.79 bits per heavy atom. The lowest BCUT2D eigenvalue weighted by atomic mass is 9.99. The second kappa shape index (κ2) is 12.4. The van der Waals surface area contributed by atoms with Crippen LogP contribution in [0.15, 0.2) is 0 Å². The summed E-state index contributed by atoms with van der Waals surface area (Å²) in [6, 6.07) is -0.965. The third-order valence-corrected chi connectivity index (χ3v) is 4.59. The van der Waals surface area contributed by atoms with E-state index in [2.05, 4.69) is 10.1 Å². The fraction of sp³-hybridized carbons (Fsp3) is 0.800. The Hall–Kier alpha value is -2.05. The second-order valence-electron chi connectivity index (χ2n) is 7.86. The Labute approximate surface area is 167 Å². The van der Waals surface area contributed by atoms with E-state index in [0.29, 0.717) is 12.3 Å². The molecule has 0 heterocycles. The number of carbonyl (C=O) groups excluding carboxylic acids is 3. The van der Waals surface area contributed by atoms with Gasteiger partial charge in [-0.15, -0.1) is 0 Å². The number of nitrogens with one attached hydrogen (secondary N) is 1. The van der Waals surface area contributed by atoms with E-state index in [9.17, 15) is 14.4 Å². The average Bonchev–Trinajstić information content (AvgIpc) is 3.10. The Balaban J connectivity index is 2.81. The zero-order chi connectivity index (χ0) is 21.1. The van der Waals surface area contributed by atoms with Crippen LogP contribution in [-0.4, -0.2) is 53.0 Å². The largest absolute Gasteiger partial charge is 0.461 e. The standard InChI is InChI=1S/C20H33N3O5/c1-13(2)27-18(11-15-7-5-6-8-15)19(25)23-17(20(26)28-14(3)4)10-9-16(24)12-22-21/h12-15,17-18H,5-11H2,1-4H3,(H,23,25)/t17-,18-/m0/s1. The fourth-order valence-electron chi connectivity index (χ4n) is 3.35. The molecule has 0 unspecified atom stereocenters. The van der Waals surface area contributed by atoms with Crippen LogP contribution in [0.5, 0.6) is 0 Å². The number of carbonyl (C=O) groups is 3. The molecule has 0 aromatic heterocycles. The van der Waals surface area contributed by atoms with Gasteiger partial charge in [0.05, 0.1) is 12.2 Å². The van der Waals surface area contributed by atoms with Crippen LogP contribution in [-0.2, 0) is 23.9 Å². The number of Topliss-reactive ketones (excluding diaryl/α,β-unsaturated/α-hetero) is 1. The van der Waals surface area contributed by atoms with Gasteiger partial charge in [-0.3, -0.25) is 9.59 Å². The molecule has 1 amide bonds. The van der Waals surface area contributed by atoms with Gasteiger partial charge in [0, 0.05) is 6.42 Å². The molecular weight excluding hydrogens is 362 g/mol. The Kier molecular flexibility index (Phi) is 10.6. The van der Waals surface area contributed by atoms with E-state index in [0.717, 1.165) is 19.1 Å². The first kappa shape index (κ1) is 24.0. The predicted molar refractivity (Wildman–Crippen MR) is 104 cm³/mol. The van der Waals surface area contributed by atoms with Gasteiger partial charge in [-0.05, 0) is 46.5 Å². The zero-order valence-electron chi connectivity index (χ0n) is 17.3. The number of hydrogen-bond acceptors (Lipinski definition) is 5. The lowest BCUT2D eigenvalue weighted by Gasteiger charge is -2.25. The van der Waals surface area contributed by atoms with Gasteiger partial charge in [-0.1, -0.05) is 25.7 Å². The minimum atomic E-state index is -0.965. The van der Waals surface area contributed by atoms with E-state index in [1.54, 1.807) is 13.8 Å². The Morgan fingerprint density at radius 3 is 2.32 bits per heavy atom. The average molecular weight is 396 g/mol. The molecule has 0 aliphatic heterocycles. The summed E-state index contributed by atoms with van der Waals surface area (Å²) in [6.45, 7) is 7.16. The van der Waals surface area contributed by atoms with Gasteiger partial charge < -0.3 is 20.3 Å². The van der Waals surface area contributed by atoms with Crippen molar-refractivity contribution in [1.29, 1.82) is 0 Å². The topological polar surface area (TPSA) is 118 Å². The van der Waals surface area contributed by atoms with Crippen molar-refractivity contribution in [3.63, 3.8) is 0 Å². The highest BCUT2D eigenvalue weighted by molar-refractivity contribution is 6.25. The van der Waals surface area contributed by atoms with Gasteiger partial charge in [0.1, 0.15) is 12.1 Å². The third kappa shape index (κ3) is 9.24. The summed E-state index contributed by atoms with van der Waals surface area (Å²) in [5, 5.41) is 2.70. The van der Waals surface area contributed by atoms with Gasteiger partial charge in [-0.2, -0.15) is 4.79 Å². The molecule has 2 atom stereocenters. The van der Waals surface area contributed by atoms with Crippen molar-refractivity contribution in [2.24, 2.45) is 5.92 Å². The molecule has 1 N–H and O–H groups in total. The summed E-state index contributed by atoms with van der Waals surface area (Å²) in [5.41, 5.74) is 8.44. The molecule has 1 aliphatic rings. The second-order valence-corrected chi connectivity index (χ2v) is 7.86. The summed E-state index contributed by atoms with van der Waals surface area (Å²) in [7, 11) is 0. The number of ether oxygens (including phenoxy) is 2. The number of rotatable bonds is 12. The number of esters is 1. The van der Waals surface area contributed by atoms with Crippen molar-refractivity contribution in [2.45, 2.75) is 97.0 Å². The van der Waals surface area contributed by atoms with Crippen LogP contribution >= 0.6 is 0 Å². The first-order valence-corrected chi connectivity index (χ1v) is 10.1. The molecule has 0 spiro atoms. The lowest BCUT2D eigenvalue weighted by Crippen LogP contribution is -2.48. The van der Waals surface area contributed by atoms with Crippen LogP contribution in [0.3, 0.4) is 0 Å². The maximum atomic E-state index is 12.8. The van der Waals surface area contributed by atoms with Gasteiger partial charge in [-0.25, -0.2) is 4.79 Å². The van der Waals surface area contributed by atoms with Crippen LogP contribution in [0.2, 0.25) is 0 Å². The number of hydrogen-bond donors (Lipinski definition) is 1. The fourth-order valence-corrected chi connectivity index (χ4v) is 3.35. The van der Waals surface area contributed by atoms with E-state index >= 15 is 0 Å². The van der Waals surface area contributed by atoms with Crippen LogP contribution in [0.25, 0.3) is 5.53 Å². The van der Waals surface area contributed by atoms with E-state index < -0.39 is 23.9 Å². The van der Waals surface area contributed by atoms with Crippen molar-refractivity contribution < 1.29 is 28.6 Å². The summed E-state index contributed by atoms with van der Waals surface area (Å²) >= 11 is 0. The van der Waals surface area contributed by atoms with Crippen LogP contribution in [0.4, 0.5) is 0 Å². The molecule has 1 saturated carbocycles. The van der Waals surface area contributed by atoms with Gasteiger partial charge in [0.25, 0.3) is 0 Å². The minimum absolute atomic E-state index is 0.0550. The van der Waals surface area contributed by atoms with E-state index in [1.165, 1.54) is 12.8 Å². The molecule has 0 radical (unpaired) electrons. The van der Waals surface area contributed by atoms with Crippen molar-refractivity contribution in [2.75, 3.05) is 0 Å². The highest BCUT2D eigenvalue weighted by Crippen LogP contribution is 2.29. The molecular formula is C20H33N3O5. The molecule has 158 valence electrons. The molecule has 1 aliphatic carbocycles. The van der Waals surface area contributed by atoms with Crippen molar-refractivity contribution in [3.05, 3.63) is 5.53 Å². The monoisotopic (exact) mass is 395 g/mol. The van der Waals surface area contributed by atoms with Gasteiger partial charge in [0.15, 0.2) is 0 Å². The summed E-state index contributed by atoms with van der Waals surface area (Å²) in [4.78, 5) is 39.5. The molecule has 0 aromatic rings. The Bertz CT molecular complexity index is 578. The maximum Gasteiger partial charge on any atom is 0.328 e. The first-order chi connectivity index (χ1) is 13.2. The van der Waals surface area contributed by atoms with Crippen LogP contribution in [0, 0.1) is 5.92 Å². The van der Waals surface area contributed by atoms with Crippen molar-refractivity contribution in [1.82, 2.24) is 5.32 Å². The summed E-state index contributed by atoms with van der Waals surface area (Å²) < 4.78 is 11.0. The van der Waals surface area contributed by atoms with Crippen molar-refractivity contribution >= 4 is 23.9 Å². The molecule has 8 nitrogen and oxygen atoms in total. The predicted octanol–water partition coefficient (Wildman–Crippen LogP) is 2.45. The minimum Gasteiger partial charge on any atom is -0.461 e. The molecule has 0 saturated heterocycles. The number of ketones is 1. The van der Waals surface area contributed by atoms with Gasteiger partial charge >= 0.3 is 12.2 Å². The smallest absolute Gasteiger partial charge is 0.328 e. The summed E-state index contributed by atoms with van der Waals surface area (Å²) in [6.07, 6.45) is 4.77. The molecule has 0 aromatic carbocycles. The van der Waals surface area contributed by atoms with E-state index in [4.69, 9.17) is 15.0 Å². The SMILES string of the molecule is CC(C)OC(=O)[C@H](CCC(=O)C=[N+]=[N-])NC(=O)[C@H](CC1CCCC1)OC(C)C. The highest BCUT2D eigenvalue weighted by atomic mass is 16.5. The van der Waals surface area contributed by atoms with Crippen LogP contribution in [0.1, 0.15) is 72.6 Å². The first-order valence-electron chi connectivity index (χ1n) is 10.1. The molecule has 1 fully saturated rings. The van der Waals surface area contributed by atoms with E-state index in [1.807, 2.05) is 13.8 Å². The molecule has 28 heavy (non-hydrogen) atoms. The maximum absolute atomic E-state index is 12.8. The number of amides is 1. The molecule has 8 heteroatoms. The third-order valence-electron chi connectivity index (χ3n) is 4.59. The molecule has 1 rings (SSSR count). The van der Waals surface area contributed by atoms with Gasteiger partial charge in [0.2, 0.25) is 11.7 Å². The van der Waals surface area contributed by atoms with E-state index in [-0.39, 0.29) is 31.0 Å². The molecule has 0 bridgehead atoms. The van der Waals surface area contributed by atoms with Crippen molar-refractivity contribution in [3.8, 4) is 0 Å². The normalized spacial score (nSPS) is 16.5. The summed E-state index contributed by atoms with van der Waals surface area (Å²) in [5.74, 6) is -0.964. The lowest BCUT2D eigenvalue weighted by molar-refractivity contribution is -0.153. The zero-order valence-corrected chi connectivity index (χ0v) is 17.3. The Morgan fingerprint density at radius 1 is 1.14 bits per heavy atom. The quantitative estimate of drug-likeness (QED) is 0.236. The highest BCUT2D eigenvalue weighted by Gasteiger charge is 2.31.